The van der Waals surface area contributed by atoms with Crippen LogP contribution in [0, 0.1) is 10.1 Å². The van der Waals surface area contributed by atoms with Crippen LogP contribution in [0.2, 0.25) is 0 Å². The van der Waals surface area contributed by atoms with Crippen molar-refractivity contribution in [2.24, 2.45) is 0 Å². The maximum atomic E-state index is 11.9. The molecule has 0 bridgehead atoms. The zero-order chi connectivity index (χ0) is 11.3. The van der Waals surface area contributed by atoms with Crippen LogP contribution in [-0.2, 0) is 0 Å². The zero-order valence-corrected chi connectivity index (χ0v) is 8.78. The van der Waals surface area contributed by atoms with E-state index in [0.717, 1.165) is 16.9 Å². The number of nitrogens with zero attached hydrogens (tertiary/aromatic N) is 1. The first-order valence-electron chi connectivity index (χ1n) is 4.61. The van der Waals surface area contributed by atoms with Gasteiger partial charge >= 0.3 is 5.00 Å². The van der Waals surface area contributed by atoms with Crippen LogP contribution in [0.15, 0.2) is 30.3 Å². The minimum absolute atomic E-state index is 0.0212. The minimum atomic E-state index is -0.459. The van der Waals surface area contributed by atoms with Crippen molar-refractivity contribution in [3.63, 3.8) is 0 Å². The van der Waals surface area contributed by atoms with Gasteiger partial charge in [-0.2, -0.15) is 0 Å². The molecule has 1 aromatic heterocycles. The van der Waals surface area contributed by atoms with Crippen LogP contribution in [0.3, 0.4) is 0 Å². The van der Waals surface area contributed by atoms with Crippen molar-refractivity contribution in [1.82, 2.24) is 0 Å². The molecule has 0 saturated carbocycles. The Morgan fingerprint density at radius 1 is 1.12 bits per heavy atom. The highest BCUT2D eigenvalue weighted by molar-refractivity contribution is 7.18. The lowest BCUT2D eigenvalue weighted by molar-refractivity contribution is -0.380. The molecule has 1 aliphatic rings. The number of carbonyl (C=O) groups is 1. The number of fused-ring (bicyclic) bond motifs is 3. The molecule has 0 unspecified atom stereocenters. The maximum Gasteiger partial charge on any atom is 0.325 e. The Kier molecular flexibility index (Phi) is 1.73. The van der Waals surface area contributed by atoms with Crippen molar-refractivity contribution in [2.75, 3.05) is 0 Å². The summed E-state index contributed by atoms with van der Waals surface area (Å²) in [6.07, 6.45) is 0. The van der Waals surface area contributed by atoms with Crippen molar-refractivity contribution < 1.29 is 9.72 Å². The fourth-order valence-electron chi connectivity index (χ4n) is 1.88. The molecule has 1 aliphatic carbocycles. The average Bonchev–Trinajstić information content (AvgIpc) is 2.81. The predicted octanol–water partition coefficient (Wildman–Crippen LogP) is 2.87. The summed E-state index contributed by atoms with van der Waals surface area (Å²) >= 11 is 0.946. The molecule has 2 aromatic rings. The molecule has 16 heavy (non-hydrogen) atoms. The van der Waals surface area contributed by atoms with E-state index >= 15 is 0 Å². The Hall–Kier alpha value is -2.01. The Labute approximate surface area is 94.3 Å². The van der Waals surface area contributed by atoms with E-state index < -0.39 is 4.92 Å². The van der Waals surface area contributed by atoms with Crippen molar-refractivity contribution in [3.05, 3.63) is 50.9 Å². The lowest BCUT2D eigenvalue weighted by Gasteiger charge is -1.95. The van der Waals surface area contributed by atoms with Crippen LogP contribution in [-0.4, -0.2) is 10.7 Å². The van der Waals surface area contributed by atoms with Gasteiger partial charge in [-0.3, -0.25) is 14.9 Å². The van der Waals surface area contributed by atoms with Gasteiger partial charge in [0.25, 0.3) is 0 Å². The molecule has 4 nitrogen and oxygen atoms in total. The summed E-state index contributed by atoms with van der Waals surface area (Å²) in [4.78, 5) is 22.6. The Bertz CT molecular complexity index is 630. The lowest BCUT2D eigenvalue weighted by Crippen LogP contribution is -1.92. The number of thiophene rings is 1. The molecular formula is C11H5NO3S. The van der Waals surface area contributed by atoms with Crippen LogP contribution in [0.5, 0.6) is 0 Å². The molecule has 3 rings (SSSR count). The van der Waals surface area contributed by atoms with E-state index in [9.17, 15) is 14.9 Å². The third kappa shape index (κ3) is 1.06. The predicted molar refractivity (Wildman–Crippen MR) is 59.8 cm³/mol. The van der Waals surface area contributed by atoms with Crippen molar-refractivity contribution >= 4 is 22.1 Å². The molecule has 5 heteroatoms. The third-order valence-corrected chi connectivity index (χ3v) is 3.65. The van der Waals surface area contributed by atoms with Gasteiger partial charge in [-0.25, -0.2) is 0 Å². The number of carbonyl (C=O) groups excluding carboxylic acids is 1. The van der Waals surface area contributed by atoms with E-state index in [4.69, 9.17) is 0 Å². The van der Waals surface area contributed by atoms with Gasteiger partial charge in [-0.1, -0.05) is 35.6 Å². The van der Waals surface area contributed by atoms with Gasteiger partial charge in [0.1, 0.15) is 0 Å². The van der Waals surface area contributed by atoms with Gasteiger partial charge in [0, 0.05) is 17.2 Å². The molecule has 0 amide bonds. The van der Waals surface area contributed by atoms with Gasteiger partial charge in [0.05, 0.1) is 9.80 Å². The second-order valence-corrected chi connectivity index (χ2v) is 4.49. The third-order valence-electron chi connectivity index (χ3n) is 2.57. The first kappa shape index (κ1) is 9.23. The average molecular weight is 231 g/mol. The molecule has 0 fully saturated rings. The standard InChI is InChI=1S/C11H5NO3S/c13-10-7-4-2-1-3-6(7)8-5-9(12(14)15)16-11(8)10/h1-5H. The molecule has 0 atom stereocenters. The quantitative estimate of drug-likeness (QED) is 0.478. The van der Waals surface area contributed by atoms with E-state index in [1.807, 2.05) is 12.1 Å². The number of hydrogen-bond acceptors (Lipinski definition) is 4. The number of rotatable bonds is 1. The van der Waals surface area contributed by atoms with Crippen LogP contribution in [0.4, 0.5) is 5.00 Å². The van der Waals surface area contributed by atoms with E-state index in [1.165, 1.54) is 6.07 Å². The first-order valence-corrected chi connectivity index (χ1v) is 5.42. The fourth-order valence-corrected chi connectivity index (χ4v) is 2.82. The number of nitro groups is 1. The first-order chi connectivity index (χ1) is 7.68. The van der Waals surface area contributed by atoms with Gasteiger partial charge in [-0.15, -0.1) is 0 Å². The van der Waals surface area contributed by atoms with Crippen molar-refractivity contribution in [1.29, 1.82) is 0 Å². The highest BCUT2D eigenvalue weighted by Crippen LogP contribution is 2.43. The van der Waals surface area contributed by atoms with Crippen LogP contribution in [0.25, 0.3) is 11.1 Å². The molecule has 0 spiro atoms. The largest absolute Gasteiger partial charge is 0.325 e. The van der Waals surface area contributed by atoms with Gasteiger partial charge in [0.15, 0.2) is 0 Å². The van der Waals surface area contributed by atoms with E-state index in [1.54, 1.807) is 12.1 Å². The number of ketones is 1. The van der Waals surface area contributed by atoms with Crippen molar-refractivity contribution in [2.45, 2.75) is 0 Å². The van der Waals surface area contributed by atoms with Crippen LogP contribution >= 0.6 is 11.3 Å². The maximum absolute atomic E-state index is 11.9. The zero-order valence-electron chi connectivity index (χ0n) is 7.97. The molecule has 78 valence electrons. The van der Waals surface area contributed by atoms with E-state index in [0.29, 0.717) is 16.0 Å². The summed E-state index contributed by atoms with van der Waals surface area (Å²) in [5.74, 6) is -0.108. The molecule has 0 radical (unpaired) electrons. The molecule has 1 aromatic carbocycles. The molecule has 0 saturated heterocycles. The smallest absolute Gasteiger partial charge is 0.288 e. The number of benzene rings is 1. The van der Waals surface area contributed by atoms with E-state index in [-0.39, 0.29) is 10.8 Å². The Morgan fingerprint density at radius 3 is 2.50 bits per heavy atom. The fraction of sp³-hybridized carbons (Fsp3) is 0. The normalized spacial score (nSPS) is 12.4. The summed E-state index contributed by atoms with van der Waals surface area (Å²) in [5.41, 5.74) is 2.13. The van der Waals surface area contributed by atoms with Gasteiger partial charge < -0.3 is 0 Å². The van der Waals surface area contributed by atoms with Gasteiger partial charge in [-0.05, 0) is 5.56 Å². The summed E-state index contributed by atoms with van der Waals surface area (Å²) in [7, 11) is 0. The molecule has 1 heterocycles. The summed E-state index contributed by atoms with van der Waals surface area (Å²) in [5, 5.41) is 10.7. The van der Waals surface area contributed by atoms with Crippen LogP contribution < -0.4 is 0 Å². The summed E-state index contributed by atoms with van der Waals surface area (Å²) in [6, 6.07) is 8.65. The van der Waals surface area contributed by atoms with Crippen LogP contribution in [0.1, 0.15) is 15.2 Å². The SMILES string of the molecule is O=C1c2ccccc2-c2cc([N+](=O)[O-])sc21. The molecular weight excluding hydrogens is 226 g/mol. The topological polar surface area (TPSA) is 60.2 Å². The second kappa shape index (κ2) is 2.99. The Morgan fingerprint density at radius 2 is 1.81 bits per heavy atom. The molecule has 0 N–H and O–H groups in total. The minimum Gasteiger partial charge on any atom is -0.288 e. The Balaban J connectivity index is 2.29. The number of hydrogen-bond donors (Lipinski definition) is 0. The second-order valence-electron chi connectivity index (χ2n) is 3.46. The highest BCUT2D eigenvalue weighted by Gasteiger charge is 2.31. The monoisotopic (exact) mass is 231 g/mol. The summed E-state index contributed by atoms with van der Waals surface area (Å²) in [6.45, 7) is 0. The highest BCUT2D eigenvalue weighted by atomic mass is 32.1. The van der Waals surface area contributed by atoms with Gasteiger partial charge in [0.2, 0.25) is 5.78 Å². The van der Waals surface area contributed by atoms with E-state index in [2.05, 4.69) is 0 Å². The van der Waals surface area contributed by atoms with Crippen molar-refractivity contribution in [3.8, 4) is 11.1 Å². The lowest BCUT2D eigenvalue weighted by atomic mass is 10.1. The summed E-state index contributed by atoms with van der Waals surface area (Å²) < 4.78 is 0. The molecule has 0 aliphatic heterocycles.